The largest absolute Gasteiger partial charge is 0.477 e. The van der Waals surface area contributed by atoms with Crippen LogP contribution >= 0.6 is 12.4 Å². The van der Waals surface area contributed by atoms with Crippen LogP contribution in [0.15, 0.2) is 35.8 Å². The summed E-state index contributed by atoms with van der Waals surface area (Å²) in [6.45, 7) is 2.93. The molecule has 16 heteroatoms. The molecule has 5 heterocycles. The van der Waals surface area contributed by atoms with Crippen LogP contribution in [-0.2, 0) is 0 Å². The number of hydrogen-bond donors (Lipinski definition) is 3. The summed E-state index contributed by atoms with van der Waals surface area (Å²) in [4.78, 5) is 25.8. The minimum atomic E-state index is -1.46. The number of nitrogen functional groups attached to an aromatic ring is 1. The Hall–Kier alpha value is -4.11. The highest BCUT2D eigenvalue weighted by Crippen LogP contribution is 2.42. The summed E-state index contributed by atoms with van der Waals surface area (Å²) in [5, 5.41) is 27.8. The molecule has 4 aromatic rings. The molecule has 0 spiro atoms. The van der Waals surface area contributed by atoms with Crippen molar-refractivity contribution in [1.82, 2.24) is 39.9 Å². The van der Waals surface area contributed by atoms with Crippen molar-refractivity contribution in [2.75, 3.05) is 36.8 Å². The van der Waals surface area contributed by atoms with E-state index in [9.17, 15) is 14.7 Å². The Balaban J connectivity index is 0.000000258. The van der Waals surface area contributed by atoms with Crippen molar-refractivity contribution >= 4 is 40.7 Å². The van der Waals surface area contributed by atoms with Gasteiger partial charge in [-0.1, -0.05) is 10.4 Å². The van der Waals surface area contributed by atoms with Crippen molar-refractivity contribution in [2.45, 2.75) is 56.7 Å². The van der Waals surface area contributed by atoms with Gasteiger partial charge in [0.05, 0.1) is 41.1 Å². The number of carbonyl (C=O) groups is 1. The summed E-state index contributed by atoms with van der Waals surface area (Å²) in [6, 6.07) is 0.496. The third kappa shape index (κ3) is 5.91. The molecule has 3 aliphatic rings. The fraction of sp³-hybridized carbons (Fsp3) is 0.481. The number of hydrogen-bond acceptors (Lipinski definition) is 9. The summed E-state index contributed by atoms with van der Waals surface area (Å²) in [5.74, 6) is -3.38. The Morgan fingerprint density at radius 3 is 2.00 bits per heavy atom. The van der Waals surface area contributed by atoms with Gasteiger partial charge in [-0.05, 0) is 51.6 Å². The smallest absolute Gasteiger partial charge is 0.341 e. The Morgan fingerprint density at radius 1 is 0.907 bits per heavy atom. The van der Waals surface area contributed by atoms with Gasteiger partial charge in [0.15, 0.2) is 11.6 Å². The van der Waals surface area contributed by atoms with E-state index in [1.807, 2.05) is 10.9 Å². The summed E-state index contributed by atoms with van der Waals surface area (Å²) in [7, 11) is 0. The lowest BCUT2D eigenvalue weighted by molar-refractivity contribution is 0.0694. The first-order valence-electron chi connectivity index (χ1n) is 14.1. The lowest BCUT2D eigenvalue weighted by Gasteiger charge is -2.34. The number of carboxylic acid groups (broad SMARTS) is 1. The topological polar surface area (TPSA) is 162 Å². The molecule has 0 bridgehead atoms. The maximum atomic E-state index is 15.8. The number of halogens is 3. The summed E-state index contributed by atoms with van der Waals surface area (Å²) in [6.07, 6.45) is 13.1. The average molecular weight is 619 g/mol. The molecule has 2 saturated heterocycles. The molecular formula is C27H33ClF2N10O3. The highest BCUT2D eigenvalue weighted by Gasteiger charge is 2.34. The van der Waals surface area contributed by atoms with Crippen LogP contribution in [0.1, 0.15) is 67.0 Å². The lowest BCUT2D eigenvalue weighted by atomic mass is 10.0. The second kappa shape index (κ2) is 12.6. The number of nitrogens with two attached hydrogens (primary N) is 1. The standard InChI is InChI=1S/C20H20F2N6O3.C7H12N4.ClH/c21-14-16(23)13-17(27(10-1-2-10)9-12(19(13)29)20(30)31)15(22)18(14)26-6-3-11(4-7-26)28-8-5-24-25-28;1-3-8-4-2-7(1)11-6-5-9-10-11;/h5,8-11H,1-4,6-7,23H2,(H,30,31);5-8H,1-4H2;1H. The molecule has 230 valence electrons. The van der Waals surface area contributed by atoms with Crippen LogP contribution < -0.4 is 21.4 Å². The van der Waals surface area contributed by atoms with E-state index < -0.39 is 39.7 Å². The maximum Gasteiger partial charge on any atom is 0.341 e. The van der Waals surface area contributed by atoms with Gasteiger partial charge in [0.1, 0.15) is 11.3 Å². The van der Waals surface area contributed by atoms with Crippen molar-refractivity contribution in [3.63, 3.8) is 0 Å². The Labute approximate surface area is 251 Å². The molecule has 7 rings (SSSR count). The predicted molar refractivity (Wildman–Crippen MR) is 157 cm³/mol. The fourth-order valence-electron chi connectivity index (χ4n) is 5.87. The highest BCUT2D eigenvalue weighted by atomic mass is 35.5. The second-order valence-corrected chi connectivity index (χ2v) is 10.9. The number of aromatic carboxylic acids is 1. The predicted octanol–water partition coefficient (Wildman–Crippen LogP) is 2.95. The molecule has 1 aromatic carbocycles. The maximum absolute atomic E-state index is 15.8. The number of anilines is 2. The number of rotatable bonds is 5. The summed E-state index contributed by atoms with van der Waals surface area (Å²) < 4.78 is 36.2. The molecule has 1 saturated carbocycles. The first-order valence-corrected chi connectivity index (χ1v) is 14.1. The molecule has 3 aromatic heterocycles. The normalized spacial score (nSPS) is 17.8. The highest BCUT2D eigenvalue weighted by molar-refractivity contribution is 5.99. The molecular weight excluding hydrogens is 586 g/mol. The fourth-order valence-corrected chi connectivity index (χ4v) is 5.87. The quantitative estimate of drug-likeness (QED) is 0.284. The van der Waals surface area contributed by atoms with Crippen LogP contribution in [0, 0.1) is 11.6 Å². The van der Waals surface area contributed by atoms with Gasteiger partial charge < -0.3 is 25.6 Å². The summed E-state index contributed by atoms with van der Waals surface area (Å²) >= 11 is 0. The number of nitrogens with zero attached hydrogens (tertiary/aromatic N) is 8. The lowest BCUT2D eigenvalue weighted by Crippen LogP contribution is -2.36. The second-order valence-electron chi connectivity index (χ2n) is 10.9. The zero-order valence-corrected chi connectivity index (χ0v) is 24.1. The summed E-state index contributed by atoms with van der Waals surface area (Å²) in [5.41, 5.74) is 3.50. The van der Waals surface area contributed by atoms with Crippen molar-refractivity contribution in [2.24, 2.45) is 0 Å². The van der Waals surface area contributed by atoms with Crippen LogP contribution in [0.3, 0.4) is 0 Å². The van der Waals surface area contributed by atoms with E-state index in [4.69, 9.17) is 5.73 Å². The zero-order chi connectivity index (χ0) is 29.4. The van der Waals surface area contributed by atoms with Crippen molar-refractivity contribution < 1.29 is 18.7 Å². The third-order valence-corrected chi connectivity index (χ3v) is 8.25. The molecule has 1 aliphatic carbocycles. The van der Waals surface area contributed by atoms with E-state index >= 15 is 8.78 Å². The van der Waals surface area contributed by atoms with E-state index in [2.05, 4.69) is 25.9 Å². The number of fused-ring (bicyclic) bond motifs is 1. The van der Waals surface area contributed by atoms with Gasteiger partial charge in [-0.2, -0.15) is 0 Å². The minimum Gasteiger partial charge on any atom is -0.477 e. The zero-order valence-electron chi connectivity index (χ0n) is 23.3. The van der Waals surface area contributed by atoms with Gasteiger partial charge in [0.25, 0.3) is 0 Å². The first kappa shape index (κ1) is 30.4. The van der Waals surface area contributed by atoms with Crippen LogP contribution in [0.4, 0.5) is 20.2 Å². The average Bonchev–Trinajstić information content (AvgIpc) is 3.43. The number of aromatic nitrogens is 7. The van der Waals surface area contributed by atoms with E-state index in [0.717, 1.165) is 19.3 Å². The number of piperidine rings is 2. The van der Waals surface area contributed by atoms with Gasteiger partial charge in [-0.25, -0.2) is 22.9 Å². The minimum absolute atomic E-state index is 0. The van der Waals surface area contributed by atoms with E-state index in [1.54, 1.807) is 28.2 Å². The molecule has 4 N–H and O–H groups in total. The Bertz CT molecular complexity index is 1630. The monoisotopic (exact) mass is 618 g/mol. The van der Waals surface area contributed by atoms with Gasteiger partial charge in [0.2, 0.25) is 5.43 Å². The van der Waals surface area contributed by atoms with Crippen molar-refractivity contribution in [3.05, 3.63) is 58.4 Å². The Morgan fingerprint density at radius 2 is 1.49 bits per heavy atom. The molecule has 3 fully saturated rings. The van der Waals surface area contributed by atoms with Crippen LogP contribution in [0.5, 0.6) is 0 Å². The van der Waals surface area contributed by atoms with Crippen molar-refractivity contribution in [3.8, 4) is 0 Å². The molecule has 0 amide bonds. The van der Waals surface area contributed by atoms with Crippen molar-refractivity contribution in [1.29, 1.82) is 0 Å². The van der Waals surface area contributed by atoms with Gasteiger partial charge >= 0.3 is 5.97 Å². The van der Waals surface area contributed by atoms with Crippen LogP contribution in [0.2, 0.25) is 0 Å². The van der Waals surface area contributed by atoms with Crippen LogP contribution in [-0.4, -0.2) is 71.8 Å². The number of carboxylic acids is 1. The van der Waals surface area contributed by atoms with E-state index in [1.165, 1.54) is 17.4 Å². The van der Waals surface area contributed by atoms with E-state index in [-0.39, 0.29) is 35.7 Å². The molecule has 43 heavy (non-hydrogen) atoms. The Kier molecular flexibility index (Phi) is 8.92. The molecule has 0 radical (unpaired) electrons. The van der Waals surface area contributed by atoms with Crippen LogP contribution in [0.25, 0.3) is 10.9 Å². The van der Waals surface area contributed by atoms with E-state index in [0.29, 0.717) is 44.8 Å². The number of nitrogens with one attached hydrogen (secondary N) is 1. The molecule has 13 nitrogen and oxygen atoms in total. The SMILES string of the molecule is Cl.Nc1c(F)c(N2CCC(n3ccnn3)CC2)c(F)c2c1c(=O)c(C(=O)O)cn2C1CC1.c1cn(C2CCNCC2)nn1. The molecule has 0 atom stereocenters. The van der Waals surface area contributed by atoms with Gasteiger partial charge in [0, 0.05) is 37.7 Å². The molecule has 2 aliphatic heterocycles. The number of benzene rings is 1. The van der Waals surface area contributed by atoms with Gasteiger partial charge in [-0.15, -0.1) is 22.6 Å². The molecule has 0 unspecified atom stereocenters. The first-order chi connectivity index (χ1) is 20.3. The number of pyridine rings is 1. The van der Waals surface area contributed by atoms with Gasteiger partial charge in [-0.3, -0.25) is 4.79 Å². The third-order valence-electron chi connectivity index (χ3n) is 8.25.